The molecule has 0 bridgehead atoms. The van der Waals surface area contributed by atoms with Gasteiger partial charge in [0, 0.05) is 5.69 Å². The van der Waals surface area contributed by atoms with E-state index in [9.17, 15) is 4.39 Å². The normalized spacial score (nSPS) is 10.8. The molecule has 6 heteroatoms. The van der Waals surface area contributed by atoms with Crippen LogP contribution in [0.4, 0.5) is 16.0 Å². The topological polar surface area (TPSA) is 42.2 Å². The quantitative estimate of drug-likeness (QED) is 0.721. The lowest BCUT2D eigenvalue weighted by atomic mass is 10.3. The molecule has 0 saturated carbocycles. The minimum Gasteiger partial charge on any atom is -0.324 e. The van der Waals surface area contributed by atoms with E-state index in [4.69, 9.17) is 11.6 Å². The van der Waals surface area contributed by atoms with Crippen LogP contribution in [0.2, 0.25) is 5.15 Å². The van der Waals surface area contributed by atoms with Gasteiger partial charge in [0.25, 0.3) is 0 Å². The lowest BCUT2D eigenvalue weighted by Crippen LogP contribution is -1.97. The monoisotopic (exact) mass is 262 g/mol. The summed E-state index contributed by atoms with van der Waals surface area (Å²) in [5.74, 6) is 0.201. The van der Waals surface area contributed by atoms with Gasteiger partial charge in [-0.1, -0.05) is 17.7 Å². The first-order chi connectivity index (χ1) is 8.74. The van der Waals surface area contributed by atoms with Crippen molar-refractivity contribution in [2.75, 3.05) is 5.32 Å². The van der Waals surface area contributed by atoms with Crippen molar-refractivity contribution in [3.63, 3.8) is 0 Å². The summed E-state index contributed by atoms with van der Waals surface area (Å²) >= 11 is 6.08. The van der Waals surface area contributed by atoms with Crippen LogP contribution in [0, 0.1) is 5.82 Å². The van der Waals surface area contributed by atoms with Gasteiger partial charge in [0.2, 0.25) is 5.95 Å². The molecule has 0 atom stereocenters. The van der Waals surface area contributed by atoms with Gasteiger partial charge in [-0.15, -0.1) is 10.2 Å². The molecule has 0 fully saturated rings. The number of nitrogens with one attached hydrogen (secondary N) is 1. The molecule has 0 saturated heterocycles. The fraction of sp³-hybridized carbons (Fsp3) is 0. The molecule has 0 aliphatic heterocycles. The summed E-state index contributed by atoms with van der Waals surface area (Å²) in [6, 6.07) is 11.3. The third-order valence-electron chi connectivity index (χ3n) is 2.48. The Morgan fingerprint density at radius 2 is 1.83 bits per heavy atom. The van der Waals surface area contributed by atoms with Crippen LogP contribution >= 0.6 is 11.6 Å². The zero-order valence-corrected chi connectivity index (χ0v) is 9.89. The maximum absolute atomic E-state index is 12.8. The molecule has 90 valence electrons. The van der Waals surface area contributed by atoms with E-state index in [-0.39, 0.29) is 5.82 Å². The van der Waals surface area contributed by atoms with E-state index < -0.39 is 0 Å². The van der Waals surface area contributed by atoms with Crippen LogP contribution in [0.1, 0.15) is 0 Å². The number of benzene rings is 1. The average Bonchev–Trinajstić information content (AvgIpc) is 2.77. The summed E-state index contributed by atoms with van der Waals surface area (Å²) < 4.78 is 14.5. The molecule has 0 aliphatic rings. The first-order valence-corrected chi connectivity index (χ1v) is 5.64. The third kappa shape index (κ3) is 1.89. The van der Waals surface area contributed by atoms with Crippen molar-refractivity contribution in [1.82, 2.24) is 14.6 Å². The first kappa shape index (κ1) is 11.0. The fourth-order valence-corrected chi connectivity index (χ4v) is 1.89. The second-order valence-corrected chi connectivity index (χ2v) is 4.08. The SMILES string of the molecule is Fc1ccc(Nc2nnc3cccc(Cl)n23)cc1. The minimum atomic E-state index is -0.287. The second kappa shape index (κ2) is 4.27. The summed E-state index contributed by atoms with van der Waals surface area (Å²) in [5, 5.41) is 11.5. The molecule has 2 heterocycles. The van der Waals surface area contributed by atoms with Crippen molar-refractivity contribution in [1.29, 1.82) is 0 Å². The lowest BCUT2D eigenvalue weighted by molar-refractivity contribution is 0.628. The number of hydrogen-bond donors (Lipinski definition) is 1. The Hall–Kier alpha value is -2.14. The Labute approximate surface area is 107 Å². The molecule has 0 amide bonds. The molecule has 4 nitrogen and oxygen atoms in total. The van der Waals surface area contributed by atoms with Gasteiger partial charge in [-0.3, -0.25) is 4.40 Å². The summed E-state index contributed by atoms with van der Waals surface area (Å²) in [4.78, 5) is 0. The number of rotatable bonds is 2. The zero-order valence-electron chi connectivity index (χ0n) is 9.14. The van der Waals surface area contributed by atoms with Gasteiger partial charge in [-0.05, 0) is 36.4 Å². The largest absolute Gasteiger partial charge is 0.324 e. The highest BCUT2D eigenvalue weighted by Gasteiger charge is 2.07. The molecule has 3 aromatic rings. The van der Waals surface area contributed by atoms with Gasteiger partial charge < -0.3 is 5.32 Å². The van der Waals surface area contributed by atoms with E-state index in [1.807, 2.05) is 0 Å². The Morgan fingerprint density at radius 3 is 2.61 bits per heavy atom. The van der Waals surface area contributed by atoms with Crippen LogP contribution in [0.3, 0.4) is 0 Å². The predicted octanol–water partition coefficient (Wildman–Crippen LogP) is 3.27. The van der Waals surface area contributed by atoms with E-state index in [1.165, 1.54) is 12.1 Å². The number of anilines is 2. The molecular weight excluding hydrogens is 255 g/mol. The van der Waals surface area contributed by atoms with Crippen LogP contribution in [-0.2, 0) is 0 Å². The van der Waals surface area contributed by atoms with E-state index in [2.05, 4.69) is 15.5 Å². The zero-order chi connectivity index (χ0) is 12.5. The van der Waals surface area contributed by atoms with Crippen LogP contribution in [0.5, 0.6) is 0 Å². The Bertz CT molecular complexity index is 693. The average molecular weight is 263 g/mol. The molecule has 0 spiro atoms. The molecule has 0 unspecified atom stereocenters. The Kier molecular flexibility index (Phi) is 2.60. The van der Waals surface area contributed by atoms with E-state index in [0.29, 0.717) is 22.4 Å². The number of aromatic nitrogens is 3. The molecule has 0 aliphatic carbocycles. The van der Waals surface area contributed by atoms with Crippen molar-refractivity contribution in [2.24, 2.45) is 0 Å². The highest BCUT2D eigenvalue weighted by Crippen LogP contribution is 2.20. The number of hydrogen-bond acceptors (Lipinski definition) is 3. The van der Waals surface area contributed by atoms with E-state index in [0.717, 1.165) is 0 Å². The molecule has 0 radical (unpaired) electrons. The predicted molar refractivity (Wildman–Crippen MR) is 67.7 cm³/mol. The summed E-state index contributed by atoms with van der Waals surface area (Å²) in [6.45, 7) is 0. The lowest BCUT2D eigenvalue weighted by Gasteiger charge is -2.05. The molecule has 1 N–H and O–H groups in total. The van der Waals surface area contributed by atoms with Gasteiger partial charge in [0.1, 0.15) is 11.0 Å². The van der Waals surface area contributed by atoms with Crippen molar-refractivity contribution in [2.45, 2.75) is 0 Å². The van der Waals surface area contributed by atoms with Gasteiger partial charge in [-0.25, -0.2) is 4.39 Å². The van der Waals surface area contributed by atoms with Crippen molar-refractivity contribution in [3.05, 3.63) is 53.4 Å². The summed E-state index contributed by atoms with van der Waals surface area (Å²) in [6.07, 6.45) is 0. The van der Waals surface area contributed by atoms with Crippen LogP contribution in [0.25, 0.3) is 5.65 Å². The van der Waals surface area contributed by atoms with Crippen LogP contribution in [0.15, 0.2) is 42.5 Å². The first-order valence-electron chi connectivity index (χ1n) is 5.26. The number of fused-ring (bicyclic) bond motifs is 1. The van der Waals surface area contributed by atoms with Crippen molar-refractivity contribution < 1.29 is 4.39 Å². The molecule has 1 aromatic carbocycles. The molecule has 18 heavy (non-hydrogen) atoms. The summed E-state index contributed by atoms with van der Waals surface area (Å²) in [5.41, 5.74) is 1.36. The maximum atomic E-state index is 12.8. The fourth-order valence-electron chi connectivity index (χ4n) is 1.65. The summed E-state index contributed by atoms with van der Waals surface area (Å²) in [7, 11) is 0. The van der Waals surface area contributed by atoms with E-state index in [1.54, 1.807) is 34.7 Å². The van der Waals surface area contributed by atoms with Gasteiger partial charge in [-0.2, -0.15) is 0 Å². The van der Waals surface area contributed by atoms with E-state index >= 15 is 0 Å². The number of nitrogens with zero attached hydrogens (tertiary/aromatic N) is 3. The molecule has 3 rings (SSSR count). The molecule has 2 aromatic heterocycles. The van der Waals surface area contributed by atoms with Gasteiger partial charge in [0.05, 0.1) is 0 Å². The standard InChI is InChI=1S/C12H8ClFN4/c13-10-2-1-3-11-16-17-12(18(10)11)15-9-6-4-8(14)5-7-9/h1-7H,(H,15,17). The highest BCUT2D eigenvalue weighted by molar-refractivity contribution is 6.29. The molecular formula is C12H8ClFN4. The Balaban J connectivity index is 2.02. The van der Waals surface area contributed by atoms with Crippen molar-refractivity contribution >= 4 is 28.9 Å². The number of halogens is 2. The third-order valence-corrected chi connectivity index (χ3v) is 2.78. The smallest absolute Gasteiger partial charge is 0.234 e. The van der Waals surface area contributed by atoms with Crippen molar-refractivity contribution in [3.8, 4) is 0 Å². The highest BCUT2D eigenvalue weighted by atomic mass is 35.5. The maximum Gasteiger partial charge on any atom is 0.234 e. The second-order valence-electron chi connectivity index (χ2n) is 3.70. The van der Waals surface area contributed by atoms with Gasteiger partial charge >= 0.3 is 0 Å². The number of pyridine rings is 1. The van der Waals surface area contributed by atoms with Crippen LogP contribution in [-0.4, -0.2) is 14.6 Å². The van der Waals surface area contributed by atoms with Gasteiger partial charge in [0.15, 0.2) is 5.65 Å². The van der Waals surface area contributed by atoms with Crippen LogP contribution < -0.4 is 5.32 Å². The Morgan fingerprint density at radius 1 is 1.06 bits per heavy atom. The minimum absolute atomic E-state index is 0.287.